The number of aromatic hydroxyl groups is 1. The Labute approximate surface area is 171 Å². The first-order valence-electron chi connectivity index (χ1n) is 9.28. The number of rotatable bonds is 2. The number of carbonyl (C=O) groups excluding carboxylic acids is 1. The third kappa shape index (κ3) is 3.70. The third-order valence-corrected chi connectivity index (χ3v) is 5.85. The fourth-order valence-corrected chi connectivity index (χ4v) is 4.81. The van der Waals surface area contributed by atoms with Gasteiger partial charge in [-0.15, -0.1) is 0 Å². The standard InChI is InChI=1S/C21H21F2N3O2S/c1-11-9-26(10-21(2,3)25-11)20(28)15-5-12(4-13-8-24-29-19(13)15)18-16(22)6-14(27)7-17(18)23/h4-8,11,25,27H,9-10H2,1-3H3/t11-/m0/s1. The van der Waals surface area contributed by atoms with Crippen LogP contribution in [0.1, 0.15) is 31.1 Å². The van der Waals surface area contributed by atoms with Crippen LogP contribution in [0.4, 0.5) is 8.78 Å². The van der Waals surface area contributed by atoms with E-state index in [4.69, 9.17) is 0 Å². The second-order valence-corrected chi connectivity index (χ2v) is 8.97. The van der Waals surface area contributed by atoms with E-state index in [1.807, 2.05) is 20.8 Å². The SMILES string of the molecule is C[C@H]1CN(C(=O)c2cc(-c3c(F)cc(O)cc3F)cc3cnsc23)CC(C)(C)N1. The number of hydrogen-bond acceptors (Lipinski definition) is 5. The van der Waals surface area contributed by atoms with Crippen LogP contribution in [0.15, 0.2) is 30.5 Å². The van der Waals surface area contributed by atoms with Gasteiger partial charge in [-0.2, -0.15) is 4.37 Å². The summed E-state index contributed by atoms with van der Waals surface area (Å²) in [6.45, 7) is 7.13. The molecule has 4 rings (SSSR count). The van der Waals surface area contributed by atoms with E-state index in [-0.39, 0.29) is 28.6 Å². The smallest absolute Gasteiger partial charge is 0.255 e. The Balaban J connectivity index is 1.84. The lowest BCUT2D eigenvalue weighted by Crippen LogP contribution is -2.62. The lowest BCUT2D eigenvalue weighted by molar-refractivity contribution is 0.0598. The van der Waals surface area contributed by atoms with E-state index in [9.17, 15) is 18.7 Å². The number of nitrogens with one attached hydrogen (secondary N) is 1. The maximum atomic E-state index is 14.4. The van der Waals surface area contributed by atoms with Crippen molar-refractivity contribution >= 4 is 27.5 Å². The number of hydrogen-bond donors (Lipinski definition) is 2. The number of phenolic OH excluding ortho intramolecular Hbond substituents is 1. The predicted molar refractivity (Wildman–Crippen MR) is 109 cm³/mol. The molecule has 1 fully saturated rings. The highest BCUT2D eigenvalue weighted by Crippen LogP contribution is 2.35. The minimum absolute atomic E-state index is 0.120. The normalized spacial score (nSPS) is 18.9. The van der Waals surface area contributed by atoms with Crippen LogP contribution >= 0.6 is 11.5 Å². The minimum atomic E-state index is -0.889. The highest BCUT2D eigenvalue weighted by molar-refractivity contribution is 7.13. The van der Waals surface area contributed by atoms with Crippen molar-refractivity contribution < 1.29 is 18.7 Å². The predicted octanol–water partition coefficient (Wildman–Crippen LogP) is 4.16. The van der Waals surface area contributed by atoms with Gasteiger partial charge in [0.25, 0.3) is 5.91 Å². The van der Waals surface area contributed by atoms with Crippen molar-refractivity contribution in [2.75, 3.05) is 13.1 Å². The summed E-state index contributed by atoms with van der Waals surface area (Å²) in [6, 6.07) is 4.96. The molecule has 29 heavy (non-hydrogen) atoms. The Bertz CT molecular complexity index is 1090. The van der Waals surface area contributed by atoms with Gasteiger partial charge in [-0.25, -0.2) is 8.78 Å². The Morgan fingerprint density at radius 2 is 1.97 bits per heavy atom. The Morgan fingerprint density at radius 3 is 2.62 bits per heavy atom. The fourth-order valence-electron chi connectivity index (χ4n) is 4.08. The number of piperazine rings is 1. The number of aromatic nitrogens is 1. The largest absolute Gasteiger partial charge is 0.508 e. The van der Waals surface area contributed by atoms with Gasteiger partial charge in [0.15, 0.2) is 0 Å². The molecule has 5 nitrogen and oxygen atoms in total. The van der Waals surface area contributed by atoms with E-state index in [1.54, 1.807) is 17.2 Å². The molecule has 8 heteroatoms. The van der Waals surface area contributed by atoms with E-state index in [1.165, 1.54) is 17.6 Å². The molecule has 3 aromatic rings. The highest BCUT2D eigenvalue weighted by Gasteiger charge is 2.33. The molecule has 0 bridgehead atoms. The number of benzene rings is 2. The number of nitrogens with zero attached hydrogens (tertiary/aromatic N) is 2. The van der Waals surface area contributed by atoms with E-state index in [2.05, 4.69) is 9.69 Å². The molecule has 2 aromatic carbocycles. The quantitative estimate of drug-likeness (QED) is 0.657. The van der Waals surface area contributed by atoms with E-state index in [0.717, 1.165) is 12.1 Å². The summed E-state index contributed by atoms with van der Waals surface area (Å²) in [5.74, 6) is -2.46. The zero-order chi connectivity index (χ0) is 20.9. The number of phenols is 1. The van der Waals surface area contributed by atoms with Crippen molar-refractivity contribution in [1.82, 2.24) is 14.6 Å². The summed E-state index contributed by atoms with van der Waals surface area (Å²) in [6.07, 6.45) is 1.58. The van der Waals surface area contributed by atoms with Gasteiger partial charge in [-0.05, 0) is 50.0 Å². The molecule has 2 heterocycles. The van der Waals surface area contributed by atoms with E-state index in [0.29, 0.717) is 28.7 Å². The second kappa shape index (κ2) is 7.03. The molecule has 1 aliphatic rings. The second-order valence-electron chi connectivity index (χ2n) is 8.17. The molecular formula is C21H21F2N3O2S. The Hall–Kier alpha value is -2.58. The van der Waals surface area contributed by atoms with Crippen LogP contribution in [0.25, 0.3) is 21.2 Å². The van der Waals surface area contributed by atoms with Crippen molar-refractivity contribution in [2.45, 2.75) is 32.4 Å². The number of halogens is 2. The summed E-state index contributed by atoms with van der Waals surface area (Å²) in [7, 11) is 0. The van der Waals surface area contributed by atoms with Crippen LogP contribution in [0, 0.1) is 11.6 Å². The van der Waals surface area contributed by atoms with Crippen molar-refractivity contribution in [3.05, 3.63) is 47.7 Å². The summed E-state index contributed by atoms with van der Waals surface area (Å²) in [4.78, 5) is 15.2. The first kappa shape index (κ1) is 19.7. The Morgan fingerprint density at radius 1 is 1.28 bits per heavy atom. The van der Waals surface area contributed by atoms with Gasteiger partial charge in [-0.3, -0.25) is 4.79 Å². The molecular weight excluding hydrogens is 396 g/mol. The zero-order valence-corrected chi connectivity index (χ0v) is 17.1. The average Bonchev–Trinajstić information content (AvgIpc) is 3.06. The number of amides is 1. The molecule has 2 N–H and O–H groups in total. The molecule has 0 unspecified atom stereocenters. The van der Waals surface area contributed by atoms with Crippen LogP contribution in [0.5, 0.6) is 5.75 Å². The third-order valence-electron chi connectivity index (χ3n) is 5.00. The van der Waals surface area contributed by atoms with Crippen molar-refractivity contribution in [3.8, 4) is 16.9 Å². The first-order valence-corrected chi connectivity index (χ1v) is 10.1. The van der Waals surface area contributed by atoms with Gasteiger partial charge in [0.05, 0.1) is 15.8 Å². The molecule has 1 aromatic heterocycles. The summed E-state index contributed by atoms with van der Waals surface area (Å²) >= 11 is 1.18. The maximum Gasteiger partial charge on any atom is 0.255 e. The number of fused-ring (bicyclic) bond motifs is 1. The monoisotopic (exact) mass is 417 g/mol. The number of carbonyl (C=O) groups is 1. The van der Waals surface area contributed by atoms with Gasteiger partial charge in [0.2, 0.25) is 0 Å². The average molecular weight is 417 g/mol. The molecule has 0 aliphatic carbocycles. The molecule has 1 amide bonds. The molecule has 152 valence electrons. The van der Waals surface area contributed by atoms with Crippen LogP contribution < -0.4 is 5.32 Å². The van der Waals surface area contributed by atoms with Gasteiger partial charge in [0, 0.05) is 48.4 Å². The first-order chi connectivity index (χ1) is 13.6. The molecule has 1 saturated heterocycles. The van der Waals surface area contributed by atoms with Crippen molar-refractivity contribution in [2.24, 2.45) is 0 Å². The highest BCUT2D eigenvalue weighted by atomic mass is 32.1. The van der Waals surface area contributed by atoms with E-state index >= 15 is 0 Å². The summed E-state index contributed by atoms with van der Waals surface area (Å²) in [5, 5.41) is 13.5. The van der Waals surface area contributed by atoms with Crippen LogP contribution in [0.3, 0.4) is 0 Å². The van der Waals surface area contributed by atoms with Crippen LogP contribution in [-0.2, 0) is 0 Å². The molecule has 1 atom stereocenters. The van der Waals surface area contributed by atoms with Crippen LogP contribution in [-0.4, -0.2) is 45.0 Å². The molecule has 0 saturated carbocycles. The van der Waals surface area contributed by atoms with Crippen LogP contribution in [0.2, 0.25) is 0 Å². The van der Waals surface area contributed by atoms with E-state index < -0.39 is 17.4 Å². The summed E-state index contributed by atoms with van der Waals surface area (Å²) < 4.78 is 33.7. The summed E-state index contributed by atoms with van der Waals surface area (Å²) in [5.41, 5.74) is 0.0849. The maximum absolute atomic E-state index is 14.4. The topological polar surface area (TPSA) is 65.5 Å². The molecule has 0 radical (unpaired) electrons. The van der Waals surface area contributed by atoms with Crippen molar-refractivity contribution in [1.29, 1.82) is 0 Å². The fraction of sp³-hybridized carbons (Fsp3) is 0.333. The zero-order valence-electron chi connectivity index (χ0n) is 16.3. The van der Waals surface area contributed by atoms with Gasteiger partial charge in [0.1, 0.15) is 17.4 Å². The van der Waals surface area contributed by atoms with Gasteiger partial charge < -0.3 is 15.3 Å². The molecule has 1 aliphatic heterocycles. The van der Waals surface area contributed by atoms with Crippen molar-refractivity contribution in [3.63, 3.8) is 0 Å². The lowest BCUT2D eigenvalue weighted by atomic mass is 9.96. The molecule has 0 spiro atoms. The Kier molecular flexibility index (Phi) is 4.78. The lowest BCUT2D eigenvalue weighted by Gasteiger charge is -2.42. The van der Waals surface area contributed by atoms with Gasteiger partial charge >= 0.3 is 0 Å². The van der Waals surface area contributed by atoms with Gasteiger partial charge in [-0.1, -0.05) is 0 Å². The minimum Gasteiger partial charge on any atom is -0.508 e.